The lowest BCUT2D eigenvalue weighted by Crippen LogP contribution is -2.25. The van der Waals surface area contributed by atoms with E-state index in [0.717, 1.165) is 48.4 Å². The Morgan fingerprint density at radius 2 is 1.93 bits per heavy atom. The van der Waals surface area contributed by atoms with Crippen molar-refractivity contribution in [2.24, 2.45) is 7.05 Å². The largest absolute Gasteiger partial charge is 0.495 e. The molecule has 6 nitrogen and oxygen atoms in total. The second kappa shape index (κ2) is 9.27. The Balaban J connectivity index is 2.18. The summed E-state index contributed by atoms with van der Waals surface area (Å²) in [6, 6.07) is 9.83. The molecule has 3 rings (SSSR count). The maximum absolute atomic E-state index is 9.65. The Hall–Kier alpha value is -2.91. The molecule has 0 aliphatic heterocycles. The van der Waals surface area contributed by atoms with Crippen molar-refractivity contribution in [1.82, 2.24) is 9.55 Å². The van der Waals surface area contributed by atoms with Gasteiger partial charge in [-0.1, -0.05) is 25.4 Å². The van der Waals surface area contributed by atoms with E-state index in [0.29, 0.717) is 27.8 Å². The van der Waals surface area contributed by atoms with E-state index in [1.54, 1.807) is 13.2 Å². The number of rotatable bonds is 8. The minimum atomic E-state index is 0.560. The summed E-state index contributed by atoms with van der Waals surface area (Å²) in [4.78, 5) is 7.16. The summed E-state index contributed by atoms with van der Waals surface area (Å²) < 4.78 is 7.53. The summed E-state index contributed by atoms with van der Waals surface area (Å²) in [5.74, 6) is 1.29. The van der Waals surface area contributed by atoms with Gasteiger partial charge in [0.05, 0.1) is 29.6 Å². The number of halogens is 1. The van der Waals surface area contributed by atoms with Crippen LogP contribution in [0.1, 0.15) is 37.8 Å². The van der Waals surface area contributed by atoms with Gasteiger partial charge in [-0.05, 0) is 43.5 Å². The van der Waals surface area contributed by atoms with Gasteiger partial charge >= 0.3 is 0 Å². The number of aryl methyl sites for hydroxylation is 2. The molecule has 1 heterocycles. The minimum Gasteiger partial charge on any atom is -0.495 e. The third-order valence-electron chi connectivity index (χ3n) is 5.17. The van der Waals surface area contributed by atoms with E-state index in [2.05, 4.69) is 30.1 Å². The number of hydrogen-bond donors (Lipinski definition) is 1. The number of nitrogens with zero attached hydrogens (tertiary/aromatic N) is 4. The molecule has 0 saturated heterocycles. The number of benzene rings is 2. The van der Waals surface area contributed by atoms with Gasteiger partial charge in [0, 0.05) is 31.2 Å². The first-order chi connectivity index (χ1) is 14.4. The SMILES string of the molecule is CCCN(CCC)c1ccc(C#N)c2nc(Nc3c(C)cc(Cl)cc3OC)n(C)c12. The van der Waals surface area contributed by atoms with Gasteiger partial charge in [0.2, 0.25) is 5.95 Å². The highest BCUT2D eigenvalue weighted by molar-refractivity contribution is 6.31. The van der Waals surface area contributed by atoms with Crippen molar-refractivity contribution >= 4 is 40.0 Å². The van der Waals surface area contributed by atoms with Gasteiger partial charge in [-0.3, -0.25) is 0 Å². The standard InChI is InChI=1S/C23H28ClN5O/c1-6-10-29(11-7-2)18-9-8-16(14-25)21-22(18)28(4)23(27-21)26-20-15(3)12-17(24)13-19(20)30-5/h8-9,12-13H,6-7,10-11H2,1-5H3,(H,26,27). The topological polar surface area (TPSA) is 66.1 Å². The van der Waals surface area contributed by atoms with Crippen LogP contribution >= 0.6 is 11.6 Å². The number of methoxy groups -OCH3 is 1. The van der Waals surface area contributed by atoms with E-state index in [1.165, 1.54) is 0 Å². The van der Waals surface area contributed by atoms with E-state index in [9.17, 15) is 5.26 Å². The van der Waals surface area contributed by atoms with Crippen LogP contribution in [0, 0.1) is 18.3 Å². The summed E-state index contributed by atoms with van der Waals surface area (Å²) in [7, 11) is 3.58. The molecule has 30 heavy (non-hydrogen) atoms. The number of ether oxygens (including phenoxy) is 1. The zero-order valence-electron chi connectivity index (χ0n) is 18.2. The van der Waals surface area contributed by atoms with Crippen LogP contribution in [0.2, 0.25) is 5.02 Å². The average Bonchev–Trinajstić information content (AvgIpc) is 3.05. The summed E-state index contributed by atoms with van der Waals surface area (Å²) in [6.07, 6.45) is 2.09. The highest BCUT2D eigenvalue weighted by Gasteiger charge is 2.20. The lowest BCUT2D eigenvalue weighted by atomic mass is 10.1. The molecule has 3 aromatic rings. The number of nitriles is 1. The molecule has 0 atom stereocenters. The molecule has 0 amide bonds. The number of fused-ring (bicyclic) bond motifs is 1. The first-order valence-electron chi connectivity index (χ1n) is 10.2. The molecule has 0 aliphatic carbocycles. The highest BCUT2D eigenvalue weighted by atomic mass is 35.5. The van der Waals surface area contributed by atoms with Crippen molar-refractivity contribution in [2.75, 3.05) is 30.4 Å². The van der Waals surface area contributed by atoms with E-state index in [4.69, 9.17) is 21.3 Å². The van der Waals surface area contributed by atoms with Gasteiger partial charge in [-0.15, -0.1) is 0 Å². The first kappa shape index (κ1) is 21.8. The van der Waals surface area contributed by atoms with Crippen molar-refractivity contribution in [1.29, 1.82) is 5.26 Å². The predicted molar refractivity (Wildman–Crippen MR) is 124 cm³/mol. The Kier molecular flexibility index (Phi) is 6.73. The Morgan fingerprint density at radius 1 is 1.23 bits per heavy atom. The summed E-state index contributed by atoms with van der Waals surface area (Å²) in [5.41, 5.74) is 5.05. The van der Waals surface area contributed by atoms with Crippen LogP contribution in [0.25, 0.3) is 11.0 Å². The van der Waals surface area contributed by atoms with E-state index in [-0.39, 0.29) is 0 Å². The molecule has 0 fully saturated rings. The van der Waals surface area contributed by atoms with Gasteiger partial charge in [-0.25, -0.2) is 4.98 Å². The van der Waals surface area contributed by atoms with E-state index in [1.807, 2.05) is 36.7 Å². The molecule has 2 aromatic carbocycles. The van der Waals surface area contributed by atoms with Crippen LogP contribution in [-0.2, 0) is 7.05 Å². The van der Waals surface area contributed by atoms with Crippen molar-refractivity contribution < 1.29 is 4.74 Å². The van der Waals surface area contributed by atoms with Crippen molar-refractivity contribution in [3.63, 3.8) is 0 Å². The lowest BCUT2D eigenvalue weighted by molar-refractivity contribution is 0.416. The smallest absolute Gasteiger partial charge is 0.208 e. The molecule has 0 aliphatic rings. The molecule has 158 valence electrons. The summed E-state index contributed by atoms with van der Waals surface area (Å²) in [5, 5.41) is 13.7. The van der Waals surface area contributed by atoms with Crippen molar-refractivity contribution in [2.45, 2.75) is 33.6 Å². The Morgan fingerprint density at radius 3 is 2.53 bits per heavy atom. The molecular weight excluding hydrogens is 398 g/mol. The molecule has 0 spiro atoms. The second-order valence-corrected chi connectivity index (χ2v) is 7.78. The fraction of sp³-hybridized carbons (Fsp3) is 0.391. The molecule has 0 bridgehead atoms. The fourth-order valence-electron chi connectivity index (χ4n) is 3.79. The lowest BCUT2D eigenvalue weighted by Gasteiger charge is -2.25. The molecule has 7 heteroatoms. The molecular formula is C23H28ClN5O. The fourth-order valence-corrected chi connectivity index (χ4v) is 4.06. The quantitative estimate of drug-likeness (QED) is 0.495. The van der Waals surface area contributed by atoms with E-state index < -0.39 is 0 Å². The maximum atomic E-state index is 9.65. The molecule has 1 aromatic heterocycles. The zero-order chi connectivity index (χ0) is 21.8. The van der Waals surface area contributed by atoms with Crippen molar-refractivity contribution in [3.8, 4) is 11.8 Å². The van der Waals surface area contributed by atoms with Crippen LogP contribution in [-0.4, -0.2) is 29.8 Å². The number of imidazole rings is 1. The van der Waals surface area contributed by atoms with Crippen LogP contribution in [0.4, 0.5) is 17.3 Å². The summed E-state index contributed by atoms with van der Waals surface area (Å²) >= 11 is 6.18. The van der Waals surface area contributed by atoms with Crippen LogP contribution in [0.3, 0.4) is 0 Å². The third kappa shape index (κ3) is 4.03. The van der Waals surface area contributed by atoms with Gasteiger partial charge in [-0.2, -0.15) is 5.26 Å². The molecule has 0 saturated carbocycles. The number of aromatic nitrogens is 2. The van der Waals surface area contributed by atoms with Gasteiger partial charge in [0.1, 0.15) is 17.3 Å². The highest BCUT2D eigenvalue weighted by Crippen LogP contribution is 2.37. The predicted octanol–water partition coefficient (Wildman–Crippen LogP) is 5.79. The number of nitrogens with one attached hydrogen (secondary N) is 1. The number of hydrogen-bond acceptors (Lipinski definition) is 5. The van der Waals surface area contributed by atoms with Crippen molar-refractivity contribution in [3.05, 3.63) is 40.4 Å². The van der Waals surface area contributed by atoms with Gasteiger partial charge < -0.3 is 19.5 Å². The third-order valence-corrected chi connectivity index (χ3v) is 5.39. The summed E-state index contributed by atoms with van der Waals surface area (Å²) in [6.45, 7) is 8.22. The Labute approximate surface area is 183 Å². The van der Waals surface area contributed by atoms with Crippen LogP contribution in [0.5, 0.6) is 5.75 Å². The zero-order valence-corrected chi connectivity index (χ0v) is 19.0. The number of anilines is 3. The second-order valence-electron chi connectivity index (χ2n) is 7.35. The maximum Gasteiger partial charge on any atom is 0.208 e. The molecule has 1 N–H and O–H groups in total. The molecule has 0 radical (unpaired) electrons. The normalized spacial score (nSPS) is 10.8. The van der Waals surface area contributed by atoms with Gasteiger partial charge in [0.25, 0.3) is 0 Å². The minimum absolute atomic E-state index is 0.560. The van der Waals surface area contributed by atoms with Crippen LogP contribution in [0.15, 0.2) is 24.3 Å². The van der Waals surface area contributed by atoms with Crippen LogP contribution < -0.4 is 15.0 Å². The molecule has 0 unspecified atom stereocenters. The Bertz CT molecular complexity index is 1090. The average molecular weight is 426 g/mol. The van der Waals surface area contributed by atoms with Gasteiger partial charge in [0.15, 0.2) is 0 Å². The first-order valence-corrected chi connectivity index (χ1v) is 10.6. The van der Waals surface area contributed by atoms with E-state index >= 15 is 0 Å². The monoisotopic (exact) mass is 425 g/mol.